The second kappa shape index (κ2) is 8.93. The molecule has 0 radical (unpaired) electrons. The van der Waals surface area contributed by atoms with Gasteiger partial charge in [0.25, 0.3) is 0 Å². The van der Waals surface area contributed by atoms with Gasteiger partial charge in [0.15, 0.2) is 0 Å². The molecule has 0 aliphatic heterocycles. The lowest BCUT2D eigenvalue weighted by atomic mass is 9.76. The van der Waals surface area contributed by atoms with E-state index in [0.29, 0.717) is 0 Å². The van der Waals surface area contributed by atoms with Crippen LogP contribution in [0.15, 0.2) is 0 Å². The zero-order valence-corrected chi connectivity index (χ0v) is 12.0. The van der Waals surface area contributed by atoms with Crippen LogP contribution in [0, 0.1) is 11.8 Å². The van der Waals surface area contributed by atoms with E-state index in [-0.39, 0.29) is 0 Å². The summed E-state index contributed by atoms with van der Waals surface area (Å²) in [6, 6.07) is 0.771. The van der Waals surface area contributed by atoms with Crippen molar-refractivity contribution in [3.63, 3.8) is 0 Å². The first-order valence-corrected chi connectivity index (χ1v) is 7.59. The van der Waals surface area contributed by atoms with E-state index < -0.39 is 0 Å². The lowest BCUT2D eigenvalue weighted by molar-refractivity contribution is 0.127. The van der Waals surface area contributed by atoms with Crippen LogP contribution < -0.4 is 5.32 Å². The van der Waals surface area contributed by atoms with Gasteiger partial charge in [-0.1, -0.05) is 13.8 Å². The van der Waals surface area contributed by atoms with Crippen molar-refractivity contribution in [2.45, 2.75) is 65.3 Å². The number of hydrogen-bond donors (Lipinski definition) is 1. The maximum atomic E-state index is 5.45. The molecule has 1 rings (SSSR count). The van der Waals surface area contributed by atoms with Crippen molar-refractivity contribution < 1.29 is 4.74 Å². The Balaban J connectivity index is 2.27. The maximum Gasteiger partial charge on any atom is 0.0466 e. The predicted molar refractivity (Wildman–Crippen MR) is 74.3 cm³/mol. The highest BCUT2D eigenvalue weighted by molar-refractivity contribution is 4.83. The minimum Gasteiger partial charge on any atom is -0.382 e. The Hall–Kier alpha value is -0.0800. The molecule has 0 bridgehead atoms. The predicted octanol–water partition coefficient (Wildman–Crippen LogP) is 3.61. The molecule has 3 unspecified atom stereocenters. The quantitative estimate of drug-likeness (QED) is 0.656. The number of hydrogen-bond acceptors (Lipinski definition) is 2. The summed E-state index contributed by atoms with van der Waals surface area (Å²) in [4.78, 5) is 0. The first-order chi connectivity index (χ1) is 8.27. The molecule has 0 aromatic carbocycles. The van der Waals surface area contributed by atoms with Crippen LogP contribution in [0.25, 0.3) is 0 Å². The molecule has 1 saturated carbocycles. The summed E-state index contributed by atoms with van der Waals surface area (Å²) in [6.45, 7) is 9.73. The SMILES string of the molecule is CCCNC1CCC(C)CC1CCCOCC. The second-order valence-corrected chi connectivity index (χ2v) is 5.58. The molecule has 102 valence electrons. The fraction of sp³-hybridized carbons (Fsp3) is 1.00. The van der Waals surface area contributed by atoms with Crippen molar-refractivity contribution in [2.24, 2.45) is 11.8 Å². The molecule has 3 atom stereocenters. The van der Waals surface area contributed by atoms with Crippen LogP contribution in [-0.2, 0) is 4.74 Å². The minimum atomic E-state index is 0.771. The number of ether oxygens (including phenoxy) is 1. The molecular formula is C15H31NO. The largest absolute Gasteiger partial charge is 0.382 e. The van der Waals surface area contributed by atoms with Crippen LogP contribution in [0.5, 0.6) is 0 Å². The van der Waals surface area contributed by atoms with Gasteiger partial charge in [0.1, 0.15) is 0 Å². The van der Waals surface area contributed by atoms with Crippen LogP contribution in [-0.4, -0.2) is 25.8 Å². The van der Waals surface area contributed by atoms with E-state index in [1.807, 2.05) is 0 Å². The normalized spacial score (nSPS) is 29.5. The molecule has 2 nitrogen and oxygen atoms in total. The second-order valence-electron chi connectivity index (χ2n) is 5.58. The van der Waals surface area contributed by atoms with E-state index in [1.54, 1.807) is 0 Å². The fourth-order valence-corrected chi connectivity index (χ4v) is 3.01. The van der Waals surface area contributed by atoms with Crippen molar-refractivity contribution in [2.75, 3.05) is 19.8 Å². The van der Waals surface area contributed by atoms with Crippen molar-refractivity contribution >= 4 is 0 Å². The van der Waals surface area contributed by atoms with Crippen molar-refractivity contribution in [1.29, 1.82) is 0 Å². The van der Waals surface area contributed by atoms with Gasteiger partial charge in [-0.3, -0.25) is 0 Å². The van der Waals surface area contributed by atoms with Gasteiger partial charge >= 0.3 is 0 Å². The minimum absolute atomic E-state index is 0.771. The van der Waals surface area contributed by atoms with E-state index in [0.717, 1.165) is 31.1 Å². The molecular weight excluding hydrogens is 210 g/mol. The topological polar surface area (TPSA) is 21.3 Å². The summed E-state index contributed by atoms with van der Waals surface area (Å²) in [5.41, 5.74) is 0. The molecule has 17 heavy (non-hydrogen) atoms. The van der Waals surface area contributed by atoms with E-state index in [1.165, 1.54) is 45.1 Å². The standard InChI is InChI=1S/C15H31NO/c1-4-10-16-15-9-8-13(3)12-14(15)7-6-11-17-5-2/h13-16H,4-12H2,1-3H3. The first-order valence-electron chi connectivity index (χ1n) is 7.59. The third kappa shape index (κ3) is 5.87. The molecule has 0 saturated heterocycles. The van der Waals surface area contributed by atoms with Gasteiger partial charge < -0.3 is 10.1 Å². The Morgan fingerprint density at radius 3 is 2.76 bits per heavy atom. The zero-order valence-electron chi connectivity index (χ0n) is 12.0. The molecule has 0 amide bonds. The van der Waals surface area contributed by atoms with E-state index in [9.17, 15) is 0 Å². The van der Waals surface area contributed by atoms with Gasteiger partial charge in [-0.15, -0.1) is 0 Å². The highest BCUT2D eigenvalue weighted by atomic mass is 16.5. The Kier molecular flexibility index (Phi) is 7.87. The molecule has 1 aliphatic carbocycles. The summed E-state index contributed by atoms with van der Waals surface area (Å²) >= 11 is 0. The molecule has 0 spiro atoms. The Bertz CT molecular complexity index is 182. The third-order valence-electron chi connectivity index (χ3n) is 3.97. The summed E-state index contributed by atoms with van der Waals surface area (Å²) in [5, 5.41) is 3.74. The van der Waals surface area contributed by atoms with E-state index in [2.05, 4.69) is 26.1 Å². The van der Waals surface area contributed by atoms with Crippen molar-refractivity contribution in [3.05, 3.63) is 0 Å². The lowest BCUT2D eigenvalue weighted by Crippen LogP contribution is -2.40. The smallest absolute Gasteiger partial charge is 0.0466 e. The van der Waals surface area contributed by atoms with E-state index in [4.69, 9.17) is 4.74 Å². The van der Waals surface area contributed by atoms with Gasteiger partial charge in [-0.05, 0) is 63.8 Å². The summed E-state index contributed by atoms with van der Waals surface area (Å²) in [7, 11) is 0. The summed E-state index contributed by atoms with van der Waals surface area (Å²) in [6.07, 6.45) is 8.01. The van der Waals surface area contributed by atoms with Crippen molar-refractivity contribution in [3.8, 4) is 0 Å². The summed E-state index contributed by atoms with van der Waals surface area (Å²) in [5.74, 6) is 1.80. The molecule has 2 heteroatoms. The maximum absolute atomic E-state index is 5.45. The number of rotatable bonds is 8. The van der Waals surface area contributed by atoms with Gasteiger partial charge in [-0.2, -0.15) is 0 Å². The van der Waals surface area contributed by atoms with Crippen molar-refractivity contribution in [1.82, 2.24) is 5.32 Å². The zero-order chi connectivity index (χ0) is 12.5. The highest BCUT2D eigenvalue weighted by Crippen LogP contribution is 2.32. The van der Waals surface area contributed by atoms with Gasteiger partial charge in [0.2, 0.25) is 0 Å². The Morgan fingerprint density at radius 1 is 1.24 bits per heavy atom. The Labute approximate surface area is 108 Å². The molecule has 1 fully saturated rings. The average molecular weight is 241 g/mol. The fourth-order valence-electron chi connectivity index (χ4n) is 3.01. The molecule has 1 N–H and O–H groups in total. The molecule has 1 aliphatic rings. The average Bonchev–Trinajstić information content (AvgIpc) is 2.33. The monoisotopic (exact) mass is 241 g/mol. The first kappa shape index (κ1) is 15.0. The molecule has 0 heterocycles. The highest BCUT2D eigenvalue weighted by Gasteiger charge is 2.27. The van der Waals surface area contributed by atoms with Crippen LogP contribution >= 0.6 is 0 Å². The van der Waals surface area contributed by atoms with Gasteiger partial charge in [0, 0.05) is 19.3 Å². The van der Waals surface area contributed by atoms with Gasteiger partial charge in [-0.25, -0.2) is 0 Å². The van der Waals surface area contributed by atoms with Crippen LogP contribution in [0.3, 0.4) is 0 Å². The number of nitrogens with one attached hydrogen (secondary N) is 1. The third-order valence-corrected chi connectivity index (χ3v) is 3.97. The van der Waals surface area contributed by atoms with Crippen LogP contribution in [0.4, 0.5) is 0 Å². The Morgan fingerprint density at radius 2 is 2.06 bits per heavy atom. The van der Waals surface area contributed by atoms with Crippen LogP contribution in [0.1, 0.15) is 59.3 Å². The molecule has 0 aromatic rings. The molecule has 0 aromatic heterocycles. The van der Waals surface area contributed by atoms with Crippen LogP contribution in [0.2, 0.25) is 0 Å². The van der Waals surface area contributed by atoms with E-state index >= 15 is 0 Å². The lowest BCUT2D eigenvalue weighted by Gasteiger charge is -2.35. The van der Waals surface area contributed by atoms with Gasteiger partial charge in [0.05, 0.1) is 0 Å². The summed E-state index contributed by atoms with van der Waals surface area (Å²) < 4.78 is 5.45.